The van der Waals surface area contributed by atoms with E-state index in [9.17, 15) is 14.4 Å². The standard InChI is InChI=1S/C16H21IN2O5/c1-3-10-5-12(17)6-11(4-2)16(10)18-13(20)7-19(8-14(21)22)9-15(23)24/h5-6H,3-4,7-9H2,1-2H3,(H,18,20)(H,21,22)(H,23,24). The molecule has 24 heavy (non-hydrogen) atoms. The maximum Gasteiger partial charge on any atom is 0.317 e. The summed E-state index contributed by atoms with van der Waals surface area (Å²) in [4.78, 5) is 34.9. The van der Waals surface area contributed by atoms with Crippen LogP contribution in [0.1, 0.15) is 25.0 Å². The van der Waals surface area contributed by atoms with E-state index in [0.29, 0.717) is 0 Å². The third kappa shape index (κ3) is 6.44. The van der Waals surface area contributed by atoms with Crippen LogP contribution < -0.4 is 5.32 Å². The fourth-order valence-corrected chi connectivity index (χ4v) is 3.13. The third-order valence-electron chi connectivity index (χ3n) is 3.38. The van der Waals surface area contributed by atoms with Gasteiger partial charge in [0, 0.05) is 9.26 Å². The molecule has 0 atom stereocenters. The summed E-state index contributed by atoms with van der Waals surface area (Å²) in [5.74, 6) is -2.79. The molecule has 0 saturated heterocycles. The number of halogens is 1. The minimum absolute atomic E-state index is 0.295. The van der Waals surface area contributed by atoms with Gasteiger partial charge in [0.25, 0.3) is 0 Å². The number of carbonyl (C=O) groups is 3. The first-order chi connectivity index (χ1) is 11.3. The molecule has 0 aliphatic carbocycles. The maximum atomic E-state index is 12.3. The Morgan fingerprint density at radius 2 is 1.46 bits per heavy atom. The van der Waals surface area contributed by atoms with Crippen LogP contribution in [0.25, 0.3) is 0 Å². The lowest BCUT2D eigenvalue weighted by Gasteiger charge is -2.20. The van der Waals surface area contributed by atoms with E-state index in [1.54, 1.807) is 0 Å². The Balaban J connectivity index is 2.93. The quantitative estimate of drug-likeness (QED) is 0.498. The smallest absolute Gasteiger partial charge is 0.317 e. The van der Waals surface area contributed by atoms with Crippen molar-refractivity contribution in [3.63, 3.8) is 0 Å². The van der Waals surface area contributed by atoms with Crippen molar-refractivity contribution in [1.29, 1.82) is 0 Å². The number of hydrogen-bond donors (Lipinski definition) is 3. The van der Waals surface area contributed by atoms with E-state index in [4.69, 9.17) is 10.2 Å². The molecule has 7 nitrogen and oxygen atoms in total. The number of benzene rings is 1. The second-order valence-corrected chi connectivity index (χ2v) is 6.53. The second kappa shape index (κ2) is 9.58. The number of carboxylic acids is 2. The highest BCUT2D eigenvalue weighted by molar-refractivity contribution is 14.1. The van der Waals surface area contributed by atoms with Crippen molar-refractivity contribution in [3.05, 3.63) is 26.8 Å². The molecule has 1 rings (SSSR count). The highest BCUT2D eigenvalue weighted by Gasteiger charge is 2.18. The highest BCUT2D eigenvalue weighted by Crippen LogP contribution is 2.25. The number of hydrogen-bond acceptors (Lipinski definition) is 4. The summed E-state index contributed by atoms with van der Waals surface area (Å²) in [6.07, 6.45) is 1.49. The minimum Gasteiger partial charge on any atom is -0.480 e. The summed E-state index contributed by atoms with van der Waals surface area (Å²) in [5.41, 5.74) is 2.72. The van der Waals surface area contributed by atoms with Gasteiger partial charge in [-0.1, -0.05) is 13.8 Å². The van der Waals surface area contributed by atoms with Crippen LogP contribution in [0.15, 0.2) is 12.1 Å². The van der Waals surface area contributed by atoms with Gasteiger partial charge in [-0.25, -0.2) is 0 Å². The van der Waals surface area contributed by atoms with Crippen LogP contribution in [0.2, 0.25) is 0 Å². The maximum absolute atomic E-state index is 12.3. The van der Waals surface area contributed by atoms with E-state index < -0.39 is 30.9 Å². The number of aryl methyl sites for hydroxylation is 2. The zero-order chi connectivity index (χ0) is 18.3. The molecule has 0 fully saturated rings. The molecule has 0 spiro atoms. The van der Waals surface area contributed by atoms with Crippen molar-refractivity contribution in [2.24, 2.45) is 0 Å². The van der Waals surface area contributed by atoms with Crippen molar-refractivity contribution in [2.75, 3.05) is 25.0 Å². The van der Waals surface area contributed by atoms with Crippen LogP contribution in [-0.2, 0) is 27.2 Å². The van der Waals surface area contributed by atoms with Crippen LogP contribution in [0.3, 0.4) is 0 Å². The largest absolute Gasteiger partial charge is 0.480 e. The fraction of sp³-hybridized carbons (Fsp3) is 0.438. The van der Waals surface area contributed by atoms with Gasteiger partial charge in [-0.2, -0.15) is 0 Å². The Bertz CT molecular complexity index is 592. The Morgan fingerprint density at radius 1 is 1.00 bits per heavy atom. The van der Waals surface area contributed by atoms with E-state index in [0.717, 1.165) is 38.1 Å². The summed E-state index contributed by atoms with van der Waals surface area (Å²) < 4.78 is 1.08. The van der Waals surface area contributed by atoms with E-state index in [-0.39, 0.29) is 6.54 Å². The SMILES string of the molecule is CCc1cc(I)cc(CC)c1NC(=O)CN(CC(=O)O)CC(=O)O. The monoisotopic (exact) mass is 448 g/mol. The van der Waals surface area contributed by atoms with Crippen LogP contribution in [-0.4, -0.2) is 52.6 Å². The van der Waals surface area contributed by atoms with Crippen LogP contribution in [0.5, 0.6) is 0 Å². The second-order valence-electron chi connectivity index (χ2n) is 5.29. The highest BCUT2D eigenvalue weighted by atomic mass is 127. The molecule has 0 heterocycles. The number of carboxylic acid groups (broad SMARTS) is 2. The molecule has 8 heteroatoms. The molecule has 1 aromatic carbocycles. The Kier molecular flexibility index (Phi) is 8.13. The van der Waals surface area contributed by atoms with E-state index in [1.165, 1.54) is 0 Å². The number of carbonyl (C=O) groups excluding carboxylic acids is 1. The Morgan fingerprint density at radius 3 is 1.83 bits per heavy atom. The van der Waals surface area contributed by atoms with Gasteiger partial charge in [-0.15, -0.1) is 0 Å². The molecule has 0 aliphatic heterocycles. The summed E-state index contributed by atoms with van der Waals surface area (Å²) in [6.45, 7) is 2.67. The van der Waals surface area contributed by atoms with Crippen molar-refractivity contribution in [2.45, 2.75) is 26.7 Å². The predicted octanol–water partition coefficient (Wildman–Crippen LogP) is 1.83. The van der Waals surface area contributed by atoms with E-state index in [1.807, 2.05) is 26.0 Å². The molecule has 0 aliphatic rings. The summed E-state index contributed by atoms with van der Waals surface area (Å²) >= 11 is 2.22. The number of rotatable bonds is 9. The fourth-order valence-electron chi connectivity index (χ4n) is 2.38. The zero-order valence-corrected chi connectivity index (χ0v) is 15.8. The van der Waals surface area contributed by atoms with Crippen LogP contribution in [0.4, 0.5) is 5.69 Å². The average molecular weight is 448 g/mol. The summed E-state index contributed by atoms with van der Waals surface area (Å²) in [6, 6.07) is 3.98. The first-order valence-electron chi connectivity index (χ1n) is 7.53. The Hall–Kier alpha value is -1.68. The van der Waals surface area contributed by atoms with Crippen LogP contribution >= 0.6 is 22.6 Å². The van der Waals surface area contributed by atoms with Gasteiger partial charge in [-0.3, -0.25) is 19.3 Å². The zero-order valence-electron chi connectivity index (χ0n) is 13.6. The number of nitrogens with one attached hydrogen (secondary N) is 1. The van der Waals surface area contributed by atoms with E-state index in [2.05, 4.69) is 27.9 Å². The molecule has 3 N–H and O–H groups in total. The number of nitrogens with zero attached hydrogens (tertiary/aromatic N) is 1. The third-order valence-corrected chi connectivity index (χ3v) is 4.00. The van der Waals surface area contributed by atoms with Crippen LogP contribution in [0, 0.1) is 3.57 Å². The van der Waals surface area contributed by atoms with Gasteiger partial charge in [0.1, 0.15) is 0 Å². The first-order valence-corrected chi connectivity index (χ1v) is 8.61. The average Bonchev–Trinajstić information content (AvgIpc) is 2.46. The molecular weight excluding hydrogens is 427 g/mol. The van der Waals surface area contributed by atoms with Gasteiger partial charge in [0.05, 0.1) is 19.6 Å². The molecule has 1 amide bonds. The topological polar surface area (TPSA) is 107 Å². The van der Waals surface area contributed by atoms with Gasteiger partial charge in [0.15, 0.2) is 0 Å². The number of anilines is 1. The predicted molar refractivity (Wildman–Crippen MR) is 98.3 cm³/mol. The molecule has 0 bridgehead atoms. The molecular formula is C16H21IN2O5. The molecule has 0 unspecified atom stereocenters. The first kappa shape index (κ1) is 20.4. The van der Waals surface area contributed by atoms with Crippen molar-refractivity contribution >= 4 is 46.1 Å². The molecule has 132 valence electrons. The minimum atomic E-state index is -1.18. The van der Waals surface area contributed by atoms with Gasteiger partial charge >= 0.3 is 11.9 Å². The lowest BCUT2D eigenvalue weighted by Crippen LogP contribution is -2.40. The number of aliphatic carboxylic acids is 2. The lowest BCUT2D eigenvalue weighted by molar-refractivity contribution is -0.142. The lowest BCUT2D eigenvalue weighted by atomic mass is 10.0. The van der Waals surface area contributed by atoms with Gasteiger partial charge in [0.2, 0.25) is 5.91 Å². The summed E-state index contributed by atoms with van der Waals surface area (Å²) in [7, 11) is 0. The summed E-state index contributed by atoms with van der Waals surface area (Å²) in [5, 5.41) is 20.5. The molecule has 0 aromatic heterocycles. The molecule has 1 aromatic rings. The van der Waals surface area contributed by atoms with Gasteiger partial charge < -0.3 is 15.5 Å². The number of amides is 1. The molecule has 0 radical (unpaired) electrons. The van der Waals surface area contributed by atoms with Gasteiger partial charge in [-0.05, 0) is 58.7 Å². The van der Waals surface area contributed by atoms with E-state index >= 15 is 0 Å². The van der Waals surface area contributed by atoms with Crippen molar-refractivity contribution in [1.82, 2.24) is 4.90 Å². The van der Waals surface area contributed by atoms with Crippen molar-refractivity contribution < 1.29 is 24.6 Å². The van der Waals surface area contributed by atoms with Crippen molar-refractivity contribution in [3.8, 4) is 0 Å². The Labute approximate surface area is 154 Å². The normalized spacial score (nSPS) is 10.7. The molecule has 0 saturated carbocycles.